The van der Waals surface area contributed by atoms with Gasteiger partial charge in [-0.2, -0.15) is 13.2 Å². The maximum absolute atomic E-state index is 12.7. The smallest absolute Gasteiger partial charge is 0.369 e. The predicted octanol–water partition coefficient (Wildman–Crippen LogP) is 3.14. The minimum Gasteiger partial charge on any atom is -0.369 e. The lowest BCUT2D eigenvalue weighted by Crippen LogP contribution is -2.05. The number of alkyl halides is 3. The molecule has 1 aromatic carbocycles. The second-order valence-electron chi connectivity index (χ2n) is 4.24. The molecule has 2 aromatic heterocycles. The summed E-state index contributed by atoms with van der Waals surface area (Å²) in [7, 11) is 0. The zero-order chi connectivity index (χ0) is 14.3. The highest BCUT2D eigenvalue weighted by Crippen LogP contribution is 2.32. The molecule has 104 valence electrons. The van der Waals surface area contributed by atoms with Gasteiger partial charge in [0.25, 0.3) is 0 Å². The second kappa shape index (κ2) is 4.48. The van der Waals surface area contributed by atoms with Crippen LogP contribution in [0, 0.1) is 0 Å². The van der Waals surface area contributed by atoms with Crippen LogP contribution < -0.4 is 5.73 Å². The summed E-state index contributed by atoms with van der Waals surface area (Å²) in [5.41, 5.74) is 8.31. The van der Waals surface area contributed by atoms with Gasteiger partial charge >= 0.3 is 6.18 Å². The van der Waals surface area contributed by atoms with Crippen LogP contribution >= 0.6 is 11.3 Å². The summed E-state index contributed by atoms with van der Waals surface area (Å²) in [6.07, 6.45) is -4.39. The third kappa shape index (κ3) is 2.22. The number of nitrogen functional groups attached to an aromatic ring is 1. The number of hydrogen-bond acceptors (Lipinski definition) is 4. The lowest BCUT2D eigenvalue weighted by molar-refractivity contribution is -0.137. The summed E-state index contributed by atoms with van der Waals surface area (Å²) in [6.45, 7) is 0.386. The Kier molecular flexibility index (Phi) is 2.89. The molecule has 4 nitrogen and oxygen atoms in total. The number of nitrogens with two attached hydrogens (primary N) is 1. The van der Waals surface area contributed by atoms with Crippen LogP contribution in [0.4, 0.5) is 19.1 Å². The van der Waals surface area contributed by atoms with Gasteiger partial charge in [-0.3, -0.25) is 0 Å². The molecule has 2 heterocycles. The van der Waals surface area contributed by atoms with Crippen molar-refractivity contribution in [1.82, 2.24) is 14.5 Å². The van der Waals surface area contributed by atoms with Crippen LogP contribution in [0.2, 0.25) is 0 Å². The molecule has 0 aliphatic rings. The normalized spacial score (nSPS) is 12.2. The summed E-state index contributed by atoms with van der Waals surface area (Å²) in [5.74, 6) is 0.173. The number of anilines is 1. The topological polar surface area (TPSA) is 56.7 Å². The van der Waals surface area contributed by atoms with Gasteiger partial charge in [0.05, 0.1) is 34.3 Å². The fourth-order valence-electron chi connectivity index (χ4n) is 1.97. The van der Waals surface area contributed by atoms with Crippen LogP contribution in [-0.4, -0.2) is 14.5 Å². The number of benzene rings is 1. The zero-order valence-electron chi connectivity index (χ0n) is 10.1. The van der Waals surface area contributed by atoms with Gasteiger partial charge in [0.2, 0.25) is 5.95 Å². The highest BCUT2D eigenvalue weighted by atomic mass is 32.1. The molecule has 3 rings (SSSR count). The Morgan fingerprint density at radius 2 is 2.10 bits per heavy atom. The standard InChI is InChI=1S/C12H9F3N4S/c13-12(14,15)7-1-2-10-9(3-7)18-11(16)19(10)4-8-5-20-6-17-8/h1-3,5-6H,4H2,(H2,16,18). The summed E-state index contributed by atoms with van der Waals surface area (Å²) in [6, 6.07) is 3.41. The van der Waals surface area contributed by atoms with Crippen molar-refractivity contribution in [3.63, 3.8) is 0 Å². The monoisotopic (exact) mass is 298 g/mol. The van der Waals surface area contributed by atoms with Crippen LogP contribution in [-0.2, 0) is 12.7 Å². The van der Waals surface area contributed by atoms with Crippen LogP contribution in [0.1, 0.15) is 11.3 Å². The first-order valence-electron chi connectivity index (χ1n) is 5.65. The van der Waals surface area contributed by atoms with Crippen molar-refractivity contribution in [3.8, 4) is 0 Å². The fourth-order valence-corrected chi connectivity index (χ4v) is 2.52. The number of thiazole rings is 1. The van der Waals surface area contributed by atoms with E-state index in [4.69, 9.17) is 5.73 Å². The van der Waals surface area contributed by atoms with Crippen molar-refractivity contribution < 1.29 is 13.2 Å². The predicted molar refractivity (Wildman–Crippen MR) is 70.4 cm³/mol. The van der Waals surface area contributed by atoms with Crippen molar-refractivity contribution in [2.24, 2.45) is 0 Å². The molecule has 8 heteroatoms. The quantitative estimate of drug-likeness (QED) is 0.790. The van der Waals surface area contributed by atoms with Crippen molar-refractivity contribution >= 4 is 28.3 Å². The molecule has 0 amide bonds. The molecule has 0 bridgehead atoms. The van der Waals surface area contributed by atoms with Gasteiger partial charge in [0.1, 0.15) is 0 Å². The van der Waals surface area contributed by atoms with E-state index in [1.54, 1.807) is 10.1 Å². The SMILES string of the molecule is Nc1nc2cc(C(F)(F)F)ccc2n1Cc1cscn1. The Bertz CT molecular complexity index is 746. The molecule has 0 spiro atoms. The van der Waals surface area contributed by atoms with E-state index in [-0.39, 0.29) is 11.5 Å². The molecule has 20 heavy (non-hydrogen) atoms. The number of aromatic nitrogens is 3. The summed E-state index contributed by atoms with van der Waals surface area (Å²) < 4.78 is 39.6. The molecular formula is C12H9F3N4S. The molecule has 0 atom stereocenters. The van der Waals surface area contributed by atoms with Gasteiger partial charge in [-0.15, -0.1) is 11.3 Å². The Hall–Kier alpha value is -2.09. The molecule has 0 fully saturated rings. The number of fused-ring (bicyclic) bond motifs is 1. The maximum Gasteiger partial charge on any atom is 0.416 e. The minimum atomic E-state index is -4.39. The van der Waals surface area contributed by atoms with Crippen LogP contribution in [0.5, 0.6) is 0 Å². The van der Waals surface area contributed by atoms with E-state index in [0.29, 0.717) is 12.1 Å². The zero-order valence-corrected chi connectivity index (χ0v) is 10.9. The number of nitrogens with zero attached hydrogens (tertiary/aromatic N) is 3. The Morgan fingerprint density at radius 3 is 2.75 bits per heavy atom. The average Bonchev–Trinajstić information content (AvgIpc) is 2.97. The van der Waals surface area contributed by atoms with E-state index in [1.807, 2.05) is 5.38 Å². The van der Waals surface area contributed by atoms with E-state index in [2.05, 4.69) is 9.97 Å². The van der Waals surface area contributed by atoms with Gasteiger partial charge in [-0.25, -0.2) is 9.97 Å². The van der Waals surface area contributed by atoms with Gasteiger partial charge in [-0.1, -0.05) is 0 Å². The number of rotatable bonds is 2. The lowest BCUT2D eigenvalue weighted by atomic mass is 10.2. The molecule has 0 unspecified atom stereocenters. The van der Waals surface area contributed by atoms with Gasteiger partial charge < -0.3 is 10.3 Å². The van der Waals surface area contributed by atoms with E-state index < -0.39 is 11.7 Å². The third-order valence-corrected chi connectivity index (χ3v) is 3.54. The molecule has 0 radical (unpaired) electrons. The van der Waals surface area contributed by atoms with Crippen molar-refractivity contribution in [1.29, 1.82) is 0 Å². The lowest BCUT2D eigenvalue weighted by Gasteiger charge is -2.07. The van der Waals surface area contributed by atoms with Gasteiger partial charge in [-0.05, 0) is 18.2 Å². The van der Waals surface area contributed by atoms with Crippen molar-refractivity contribution in [2.75, 3.05) is 5.73 Å². The fraction of sp³-hybridized carbons (Fsp3) is 0.167. The number of hydrogen-bond donors (Lipinski definition) is 1. The van der Waals surface area contributed by atoms with Crippen LogP contribution in [0.15, 0.2) is 29.1 Å². The second-order valence-corrected chi connectivity index (χ2v) is 4.96. The van der Waals surface area contributed by atoms with Gasteiger partial charge in [0, 0.05) is 5.38 Å². The Morgan fingerprint density at radius 1 is 1.30 bits per heavy atom. The first kappa shape index (κ1) is 12.9. The molecule has 0 saturated carbocycles. The summed E-state index contributed by atoms with van der Waals surface area (Å²) in [5, 5.41) is 1.86. The highest BCUT2D eigenvalue weighted by molar-refractivity contribution is 7.07. The summed E-state index contributed by atoms with van der Waals surface area (Å²) in [4.78, 5) is 8.11. The Balaban J connectivity index is 2.08. The molecule has 3 aromatic rings. The largest absolute Gasteiger partial charge is 0.416 e. The van der Waals surface area contributed by atoms with Crippen LogP contribution in [0.25, 0.3) is 11.0 Å². The van der Waals surface area contributed by atoms with Crippen molar-refractivity contribution in [3.05, 3.63) is 40.3 Å². The third-order valence-electron chi connectivity index (χ3n) is 2.91. The molecule has 2 N–H and O–H groups in total. The molecule has 0 saturated heterocycles. The minimum absolute atomic E-state index is 0.173. The Labute approximate surface area is 115 Å². The van der Waals surface area contributed by atoms with Crippen molar-refractivity contribution in [2.45, 2.75) is 12.7 Å². The maximum atomic E-state index is 12.7. The van der Waals surface area contributed by atoms with E-state index >= 15 is 0 Å². The molecule has 0 aliphatic heterocycles. The summed E-state index contributed by atoms with van der Waals surface area (Å²) >= 11 is 1.44. The first-order chi connectivity index (χ1) is 9.45. The first-order valence-corrected chi connectivity index (χ1v) is 6.59. The number of imidazole rings is 1. The van der Waals surface area contributed by atoms with Gasteiger partial charge in [0.15, 0.2) is 0 Å². The van der Waals surface area contributed by atoms with E-state index in [1.165, 1.54) is 17.4 Å². The highest BCUT2D eigenvalue weighted by Gasteiger charge is 2.31. The number of halogens is 3. The van der Waals surface area contributed by atoms with Crippen LogP contribution in [0.3, 0.4) is 0 Å². The van der Waals surface area contributed by atoms with E-state index in [0.717, 1.165) is 17.8 Å². The van der Waals surface area contributed by atoms with E-state index in [9.17, 15) is 13.2 Å². The average molecular weight is 298 g/mol. The molecular weight excluding hydrogens is 289 g/mol. The molecule has 0 aliphatic carbocycles.